The van der Waals surface area contributed by atoms with Crippen molar-refractivity contribution < 1.29 is 65.4 Å². The zero-order chi connectivity index (χ0) is 24.2. The van der Waals surface area contributed by atoms with Crippen molar-refractivity contribution in [2.45, 2.75) is 75.2 Å². The minimum absolute atomic E-state index is 0. The summed E-state index contributed by atoms with van der Waals surface area (Å²) < 4.78 is 0. The Kier molecular flexibility index (Phi) is 50.0. The molecule has 0 aromatic heterocycles. The molecule has 0 saturated carbocycles. The standard InChI is InChI=1S/C10H9N.C7H8.C4H5N.4C2H6.2Y/c1-2-5-9(6-3-1)10-7-4-8-11-10;1-7-5-3-2-4-6-7;1-2-4-5-3-1;4*1-2;;/h1-6,8H,7H2;2-6H,1H3;1,3-4H,2H2;4*1-2H3;;. The number of aryl methyl sites for hydroxylation is 1. The van der Waals surface area contributed by atoms with E-state index in [4.69, 9.17) is 0 Å². The van der Waals surface area contributed by atoms with Crippen LogP contribution in [0.1, 0.15) is 79.4 Å². The van der Waals surface area contributed by atoms with E-state index in [1.165, 1.54) is 16.8 Å². The van der Waals surface area contributed by atoms with Crippen LogP contribution in [-0.4, -0.2) is 11.9 Å². The summed E-state index contributed by atoms with van der Waals surface area (Å²) in [6, 6.07) is 20.5. The molecule has 0 unspecified atom stereocenters. The first-order valence-corrected chi connectivity index (χ1v) is 11.8. The molecule has 2 aliphatic rings. The van der Waals surface area contributed by atoms with E-state index in [9.17, 15) is 0 Å². The molecule has 0 bridgehead atoms. The summed E-state index contributed by atoms with van der Waals surface area (Å²) in [7, 11) is 0. The van der Waals surface area contributed by atoms with E-state index in [0.29, 0.717) is 0 Å². The van der Waals surface area contributed by atoms with Gasteiger partial charge in [0.25, 0.3) is 0 Å². The molecule has 4 heteroatoms. The second-order valence-electron chi connectivity index (χ2n) is 5.14. The quantitative estimate of drug-likeness (QED) is 0.312. The van der Waals surface area contributed by atoms with E-state index in [-0.39, 0.29) is 65.4 Å². The van der Waals surface area contributed by atoms with E-state index in [1.54, 1.807) is 6.20 Å². The van der Waals surface area contributed by atoms with Gasteiger partial charge in [0.15, 0.2) is 0 Å². The van der Waals surface area contributed by atoms with E-state index in [1.807, 2.05) is 110 Å². The molecular formula is C29H46N2Y2. The molecule has 0 spiro atoms. The van der Waals surface area contributed by atoms with E-state index >= 15 is 0 Å². The van der Waals surface area contributed by atoms with Crippen molar-refractivity contribution in [3.63, 3.8) is 0 Å². The largest absolute Gasteiger partial charge is 0.269 e. The third-order valence-electron chi connectivity index (χ3n) is 3.23. The van der Waals surface area contributed by atoms with Crippen LogP contribution in [-0.2, 0) is 65.4 Å². The molecule has 0 amide bonds. The van der Waals surface area contributed by atoms with Gasteiger partial charge in [-0.2, -0.15) is 0 Å². The van der Waals surface area contributed by atoms with Crippen LogP contribution in [0.3, 0.4) is 0 Å². The van der Waals surface area contributed by atoms with Crippen molar-refractivity contribution in [2.24, 2.45) is 9.98 Å². The zero-order valence-electron chi connectivity index (χ0n) is 22.6. The van der Waals surface area contributed by atoms with Gasteiger partial charge in [-0.3, -0.25) is 9.98 Å². The van der Waals surface area contributed by atoms with Crippen LogP contribution in [0.25, 0.3) is 0 Å². The van der Waals surface area contributed by atoms with Crippen LogP contribution >= 0.6 is 0 Å². The Bertz CT molecular complexity index is 682. The van der Waals surface area contributed by atoms with Crippen LogP contribution in [0.15, 0.2) is 95.2 Å². The molecule has 178 valence electrons. The van der Waals surface area contributed by atoms with Crippen LogP contribution in [0.4, 0.5) is 0 Å². The Morgan fingerprint density at radius 1 is 0.606 bits per heavy atom. The van der Waals surface area contributed by atoms with Gasteiger partial charge in [-0.15, -0.1) is 0 Å². The third kappa shape index (κ3) is 27.6. The van der Waals surface area contributed by atoms with Gasteiger partial charge in [0.2, 0.25) is 0 Å². The maximum absolute atomic E-state index is 4.24. The molecule has 33 heavy (non-hydrogen) atoms. The van der Waals surface area contributed by atoms with Crippen molar-refractivity contribution in [3.8, 4) is 0 Å². The average Bonchev–Trinajstić information content (AvgIpc) is 3.63. The van der Waals surface area contributed by atoms with Crippen LogP contribution in [0.2, 0.25) is 0 Å². The minimum Gasteiger partial charge on any atom is -0.269 e. The molecule has 2 aliphatic heterocycles. The molecule has 2 aromatic rings. The first-order chi connectivity index (χ1) is 15.4. The molecular weight excluding hydrogens is 554 g/mol. The maximum atomic E-state index is 4.24. The van der Waals surface area contributed by atoms with Crippen molar-refractivity contribution >= 4 is 11.9 Å². The number of hydrogen-bond donors (Lipinski definition) is 0. The number of aliphatic imine (C=N–C) groups is 2. The number of allylic oxidation sites excluding steroid dienone is 2. The van der Waals surface area contributed by atoms with E-state index in [2.05, 4.69) is 47.3 Å². The second kappa shape index (κ2) is 38.7. The van der Waals surface area contributed by atoms with Crippen molar-refractivity contribution in [1.29, 1.82) is 0 Å². The molecule has 0 atom stereocenters. The molecule has 0 saturated heterocycles. The number of nitrogens with zero attached hydrogens (tertiary/aromatic N) is 2. The summed E-state index contributed by atoms with van der Waals surface area (Å²) in [6.07, 6.45) is 11.6. The van der Waals surface area contributed by atoms with Crippen molar-refractivity contribution in [2.75, 3.05) is 0 Å². The van der Waals surface area contributed by atoms with E-state index < -0.39 is 0 Å². The fraction of sp³-hybridized carbons (Fsp3) is 0.379. The fourth-order valence-electron chi connectivity index (χ4n) is 2.02. The Hall–Kier alpha value is -0.532. The minimum atomic E-state index is 0. The summed E-state index contributed by atoms with van der Waals surface area (Å²) in [5.41, 5.74) is 3.73. The second-order valence-corrected chi connectivity index (χ2v) is 5.14. The van der Waals surface area contributed by atoms with Crippen LogP contribution in [0, 0.1) is 6.92 Å². The molecule has 0 fully saturated rings. The van der Waals surface area contributed by atoms with Gasteiger partial charge in [-0.25, -0.2) is 0 Å². The van der Waals surface area contributed by atoms with Crippen LogP contribution in [0.5, 0.6) is 0 Å². The SMILES string of the molecule is C1=CN=C(c2ccccc2)C1.C1=CN=CC1.CC.CC.CC.CC.Cc1ccccc1.[Y].[Y]. The molecule has 2 nitrogen and oxygen atoms in total. The Balaban J connectivity index is -0.000000105. The van der Waals surface area contributed by atoms with Gasteiger partial charge in [0, 0.05) is 96.9 Å². The van der Waals surface area contributed by atoms with Crippen molar-refractivity contribution in [3.05, 3.63) is 96.3 Å². The summed E-state index contributed by atoms with van der Waals surface area (Å²) in [6.45, 7) is 18.1. The van der Waals surface area contributed by atoms with E-state index in [0.717, 1.165) is 12.8 Å². The predicted octanol–water partition coefficient (Wildman–Crippen LogP) is 9.46. The first-order valence-electron chi connectivity index (χ1n) is 11.8. The normalized spacial score (nSPS) is 10.3. The topological polar surface area (TPSA) is 24.7 Å². The third-order valence-corrected chi connectivity index (χ3v) is 3.23. The monoisotopic (exact) mass is 600 g/mol. The van der Waals surface area contributed by atoms with Gasteiger partial charge < -0.3 is 0 Å². The zero-order valence-corrected chi connectivity index (χ0v) is 28.3. The Labute approximate surface area is 256 Å². The summed E-state index contributed by atoms with van der Waals surface area (Å²) in [5, 5.41) is 0. The van der Waals surface area contributed by atoms with Gasteiger partial charge in [-0.1, -0.05) is 134 Å². The molecule has 2 radical (unpaired) electrons. The Morgan fingerprint density at radius 2 is 1.09 bits per heavy atom. The number of hydrogen-bond acceptors (Lipinski definition) is 2. The van der Waals surface area contributed by atoms with Crippen molar-refractivity contribution in [1.82, 2.24) is 0 Å². The smallest absolute Gasteiger partial charge is 0.0513 e. The number of benzene rings is 2. The first kappa shape index (κ1) is 42.6. The van der Waals surface area contributed by atoms with Gasteiger partial charge in [-0.05, 0) is 12.5 Å². The maximum Gasteiger partial charge on any atom is 0.0513 e. The molecule has 2 heterocycles. The van der Waals surface area contributed by atoms with Gasteiger partial charge >= 0.3 is 0 Å². The molecule has 0 aliphatic carbocycles. The molecule has 4 rings (SSSR count). The summed E-state index contributed by atoms with van der Waals surface area (Å²) in [5.74, 6) is 0. The Morgan fingerprint density at radius 3 is 1.36 bits per heavy atom. The van der Waals surface area contributed by atoms with Crippen LogP contribution < -0.4 is 0 Å². The molecule has 0 N–H and O–H groups in total. The average molecular weight is 601 g/mol. The van der Waals surface area contributed by atoms with Gasteiger partial charge in [0.05, 0.1) is 5.71 Å². The van der Waals surface area contributed by atoms with Gasteiger partial charge in [0.1, 0.15) is 0 Å². The number of rotatable bonds is 1. The predicted molar refractivity (Wildman–Crippen MR) is 146 cm³/mol. The fourth-order valence-corrected chi connectivity index (χ4v) is 2.02. The summed E-state index contributed by atoms with van der Waals surface area (Å²) >= 11 is 0. The molecule has 2 aromatic carbocycles. The summed E-state index contributed by atoms with van der Waals surface area (Å²) in [4.78, 5) is 8.02.